The van der Waals surface area contributed by atoms with Crippen LogP contribution in [-0.2, 0) is 6.54 Å². The number of thiazole rings is 1. The van der Waals surface area contributed by atoms with Gasteiger partial charge in [-0.3, -0.25) is 5.73 Å². The van der Waals surface area contributed by atoms with E-state index in [1.54, 1.807) is 17.6 Å². The number of nitrogens with zero attached hydrogens (tertiary/aromatic N) is 4. The monoisotopic (exact) mass is 426 g/mol. The summed E-state index contributed by atoms with van der Waals surface area (Å²) in [6, 6.07) is 9.77. The van der Waals surface area contributed by atoms with E-state index in [1.807, 2.05) is 45.3 Å². The predicted molar refractivity (Wildman–Crippen MR) is 122 cm³/mol. The summed E-state index contributed by atoms with van der Waals surface area (Å²) >= 11 is 1.66. The van der Waals surface area contributed by atoms with Gasteiger partial charge in [0.25, 0.3) is 0 Å². The minimum absolute atomic E-state index is 0.448. The van der Waals surface area contributed by atoms with Crippen LogP contribution in [0.3, 0.4) is 0 Å². The van der Waals surface area contributed by atoms with E-state index in [9.17, 15) is 0 Å². The Morgan fingerprint density at radius 2 is 2.17 bits per heavy atom. The third kappa shape index (κ3) is 4.96. The van der Waals surface area contributed by atoms with Crippen molar-refractivity contribution in [3.05, 3.63) is 47.4 Å². The smallest absolute Gasteiger partial charge is 0.225 e. The second kappa shape index (κ2) is 8.42. The molecule has 4 rings (SSSR count). The minimum atomic E-state index is -0.981. The van der Waals surface area contributed by atoms with E-state index >= 15 is 0 Å². The van der Waals surface area contributed by atoms with Crippen molar-refractivity contribution < 1.29 is 4.42 Å². The lowest BCUT2D eigenvalue weighted by Gasteiger charge is -2.32. The Morgan fingerprint density at radius 1 is 1.30 bits per heavy atom. The van der Waals surface area contributed by atoms with Gasteiger partial charge < -0.3 is 25.3 Å². The number of furan rings is 1. The summed E-state index contributed by atoms with van der Waals surface area (Å²) in [7, 11) is 4.01. The topological polar surface area (TPSA) is 116 Å². The SMILES string of the molecule is Cc1nc2ccc(NC3=NC(NCc4ccco4)=NC(N)(CCN(C)C)N3)cc2s1. The van der Waals surface area contributed by atoms with Crippen LogP contribution in [0.4, 0.5) is 5.69 Å². The highest BCUT2D eigenvalue weighted by atomic mass is 32.1. The maximum Gasteiger partial charge on any atom is 0.225 e. The average molecular weight is 427 g/mol. The van der Waals surface area contributed by atoms with Crippen molar-refractivity contribution in [2.24, 2.45) is 15.7 Å². The van der Waals surface area contributed by atoms with E-state index in [0.29, 0.717) is 24.9 Å². The molecule has 158 valence electrons. The molecule has 0 saturated carbocycles. The van der Waals surface area contributed by atoms with Gasteiger partial charge in [-0.2, -0.15) is 4.99 Å². The number of aromatic nitrogens is 1. The lowest BCUT2D eigenvalue weighted by Crippen LogP contribution is -2.60. The molecular weight excluding hydrogens is 400 g/mol. The van der Waals surface area contributed by atoms with Crippen molar-refractivity contribution in [2.45, 2.75) is 25.7 Å². The van der Waals surface area contributed by atoms with E-state index < -0.39 is 5.79 Å². The van der Waals surface area contributed by atoms with Gasteiger partial charge in [0.15, 0.2) is 5.79 Å². The third-order valence-corrected chi connectivity index (χ3v) is 5.49. The number of hydrogen-bond acceptors (Lipinski definition) is 10. The fourth-order valence-electron chi connectivity index (χ4n) is 3.07. The molecule has 0 radical (unpaired) electrons. The molecule has 1 aromatic carbocycles. The molecule has 2 aromatic heterocycles. The van der Waals surface area contributed by atoms with Crippen LogP contribution in [0.5, 0.6) is 0 Å². The number of rotatable bonds is 6. The number of aliphatic imine (C=N–C) groups is 2. The number of anilines is 1. The Labute approximate surface area is 179 Å². The van der Waals surface area contributed by atoms with E-state index in [2.05, 4.69) is 41.9 Å². The van der Waals surface area contributed by atoms with Crippen molar-refractivity contribution in [1.29, 1.82) is 0 Å². The Morgan fingerprint density at radius 3 is 2.93 bits per heavy atom. The zero-order valence-electron chi connectivity index (χ0n) is 17.3. The average Bonchev–Trinajstić information content (AvgIpc) is 3.33. The highest BCUT2D eigenvalue weighted by Crippen LogP contribution is 2.25. The van der Waals surface area contributed by atoms with Crippen LogP contribution >= 0.6 is 11.3 Å². The summed E-state index contributed by atoms with van der Waals surface area (Å²) in [4.78, 5) is 15.7. The van der Waals surface area contributed by atoms with Crippen molar-refractivity contribution >= 4 is 39.2 Å². The van der Waals surface area contributed by atoms with Gasteiger partial charge in [0.05, 0.1) is 28.0 Å². The molecule has 3 aromatic rings. The number of nitrogens with one attached hydrogen (secondary N) is 3. The molecule has 0 bridgehead atoms. The van der Waals surface area contributed by atoms with Gasteiger partial charge in [-0.05, 0) is 51.4 Å². The first-order valence-corrected chi connectivity index (χ1v) is 10.5. The predicted octanol–water partition coefficient (Wildman–Crippen LogP) is 2.28. The second-order valence-corrected chi connectivity index (χ2v) is 8.71. The van der Waals surface area contributed by atoms with Crippen LogP contribution in [0.1, 0.15) is 17.2 Å². The lowest BCUT2D eigenvalue weighted by molar-refractivity contribution is 0.302. The quantitative estimate of drug-likeness (QED) is 0.478. The molecule has 1 atom stereocenters. The fraction of sp³-hybridized carbons (Fsp3) is 0.350. The Kier molecular flexibility index (Phi) is 5.71. The summed E-state index contributed by atoms with van der Waals surface area (Å²) in [6.07, 6.45) is 2.25. The molecule has 1 aliphatic heterocycles. The highest BCUT2D eigenvalue weighted by molar-refractivity contribution is 7.18. The number of guanidine groups is 2. The fourth-order valence-corrected chi connectivity index (χ4v) is 3.93. The van der Waals surface area contributed by atoms with Gasteiger partial charge in [0, 0.05) is 18.7 Å². The maximum absolute atomic E-state index is 6.57. The molecule has 10 heteroatoms. The summed E-state index contributed by atoms with van der Waals surface area (Å²) in [5, 5.41) is 10.8. The Bertz CT molecular complexity index is 1070. The summed E-state index contributed by atoms with van der Waals surface area (Å²) < 4.78 is 6.50. The zero-order valence-corrected chi connectivity index (χ0v) is 18.1. The number of fused-ring (bicyclic) bond motifs is 1. The van der Waals surface area contributed by atoms with Gasteiger partial charge in [-0.15, -0.1) is 11.3 Å². The molecule has 0 saturated heterocycles. The molecule has 9 nitrogen and oxygen atoms in total. The molecular formula is C20H26N8OS. The molecule has 30 heavy (non-hydrogen) atoms. The van der Waals surface area contributed by atoms with Gasteiger partial charge in [-0.1, -0.05) is 0 Å². The van der Waals surface area contributed by atoms with Crippen molar-refractivity contribution in [3.63, 3.8) is 0 Å². The Hall–Kier alpha value is -2.95. The van der Waals surface area contributed by atoms with Crippen molar-refractivity contribution in [3.8, 4) is 0 Å². The zero-order chi connectivity index (χ0) is 21.1. The van der Waals surface area contributed by atoms with E-state index in [0.717, 1.165) is 33.2 Å². The van der Waals surface area contributed by atoms with Gasteiger partial charge in [0.1, 0.15) is 5.76 Å². The van der Waals surface area contributed by atoms with Gasteiger partial charge in [-0.25, -0.2) is 9.98 Å². The molecule has 0 spiro atoms. The molecule has 0 fully saturated rings. The first-order chi connectivity index (χ1) is 14.4. The molecule has 0 amide bonds. The molecule has 5 N–H and O–H groups in total. The number of aryl methyl sites for hydroxylation is 1. The first-order valence-electron chi connectivity index (χ1n) is 9.69. The Balaban J connectivity index is 1.54. The summed E-state index contributed by atoms with van der Waals surface area (Å²) in [5.41, 5.74) is 8.46. The minimum Gasteiger partial charge on any atom is -0.467 e. The highest BCUT2D eigenvalue weighted by Gasteiger charge is 2.30. The summed E-state index contributed by atoms with van der Waals surface area (Å²) in [6.45, 7) is 3.25. The maximum atomic E-state index is 6.57. The van der Waals surface area contributed by atoms with Crippen LogP contribution in [-0.4, -0.2) is 48.2 Å². The molecule has 0 aliphatic carbocycles. The van der Waals surface area contributed by atoms with E-state index in [-0.39, 0.29) is 0 Å². The van der Waals surface area contributed by atoms with Gasteiger partial charge in [0.2, 0.25) is 11.9 Å². The van der Waals surface area contributed by atoms with Gasteiger partial charge >= 0.3 is 0 Å². The standard InChI is InChI=1S/C20H26N8OS/c1-13-23-16-7-6-14(11-17(16)30-13)24-19-25-18(22-12-15-5-4-10-29-15)26-20(21,27-19)8-9-28(2)3/h4-7,10-11H,8-9,12,21H2,1-3H3,(H3,22,24,25,26,27). The van der Waals surface area contributed by atoms with E-state index in [4.69, 9.17) is 10.2 Å². The first kappa shape index (κ1) is 20.3. The molecule has 1 unspecified atom stereocenters. The van der Waals surface area contributed by atoms with Crippen LogP contribution in [0.2, 0.25) is 0 Å². The number of nitrogens with two attached hydrogens (primary N) is 1. The number of benzene rings is 1. The third-order valence-electron chi connectivity index (χ3n) is 4.56. The molecule has 3 heterocycles. The van der Waals surface area contributed by atoms with Crippen LogP contribution < -0.4 is 21.7 Å². The van der Waals surface area contributed by atoms with Crippen molar-refractivity contribution in [2.75, 3.05) is 26.0 Å². The van der Waals surface area contributed by atoms with Crippen LogP contribution in [0.15, 0.2) is 51.0 Å². The second-order valence-electron chi connectivity index (χ2n) is 7.47. The van der Waals surface area contributed by atoms with E-state index in [1.165, 1.54) is 0 Å². The lowest BCUT2D eigenvalue weighted by atomic mass is 10.2. The summed E-state index contributed by atoms with van der Waals surface area (Å²) in [5.74, 6) is 0.797. The van der Waals surface area contributed by atoms with Crippen LogP contribution in [0, 0.1) is 6.92 Å². The number of hydrogen-bond donors (Lipinski definition) is 4. The largest absolute Gasteiger partial charge is 0.467 e. The normalized spacial score (nSPS) is 18.8. The van der Waals surface area contributed by atoms with Crippen molar-refractivity contribution in [1.82, 2.24) is 20.5 Å². The molecule has 1 aliphatic rings. The van der Waals surface area contributed by atoms with Crippen LogP contribution in [0.25, 0.3) is 10.2 Å².